The zero-order valence-electron chi connectivity index (χ0n) is 24.1. The number of amides is 3. The number of nitrogens with zero attached hydrogens (tertiary/aromatic N) is 2. The zero-order chi connectivity index (χ0) is 30.3. The lowest BCUT2D eigenvalue weighted by Crippen LogP contribution is -2.61. The molecule has 3 aromatic rings. The average molecular weight is 603 g/mol. The highest BCUT2D eigenvalue weighted by molar-refractivity contribution is 6.31. The molecular formula is C33H35ClN4O5. The minimum Gasteiger partial charge on any atom is -0.457 e. The van der Waals surface area contributed by atoms with Crippen LogP contribution in [0.2, 0.25) is 5.02 Å². The van der Waals surface area contributed by atoms with E-state index in [1.165, 1.54) is 6.92 Å². The molecule has 1 aliphatic carbocycles. The molecule has 43 heavy (non-hydrogen) atoms. The molecule has 1 saturated heterocycles. The first-order valence-corrected chi connectivity index (χ1v) is 14.8. The molecule has 1 atom stereocenters. The van der Waals surface area contributed by atoms with Crippen molar-refractivity contribution in [3.63, 3.8) is 0 Å². The van der Waals surface area contributed by atoms with Gasteiger partial charge in [0.2, 0.25) is 17.7 Å². The highest BCUT2D eigenvalue weighted by Crippen LogP contribution is 2.32. The second-order valence-electron chi connectivity index (χ2n) is 10.9. The first kappa shape index (κ1) is 30.3. The van der Waals surface area contributed by atoms with Crippen LogP contribution >= 0.6 is 11.6 Å². The summed E-state index contributed by atoms with van der Waals surface area (Å²) in [6.07, 6.45) is 2.45. The van der Waals surface area contributed by atoms with Gasteiger partial charge in [-0.3, -0.25) is 19.3 Å². The number of ether oxygens (including phenoxy) is 1. The van der Waals surface area contributed by atoms with E-state index in [9.17, 15) is 19.2 Å². The maximum absolute atomic E-state index is 14.1. The van der Waals surface area contributed by atoms with Crippen LogP contribution in [0.1, 0.15) is 46.8 Å². The molecule has 5 rings (SSSR count). The number of carbonyl (C=O) groups is 4. The lowest BCUT2D eigenvalue weighted by atomic mass is 10.1. The smallest absolute Gasteiger partial charge is 0.338 e. The van der Waals surface area contributed by atoms with Crippen LogP contribution in [0.25, 0.3) is 0 Å². The summed E-state index contributed by atoms with van der Waals surface area (Å²) in [5.41, 5.74) is 3.70. The van der Waals surface area contributed by atoms with E-state index in [-0.39, 0.29) is 36.9 Å². The van der Waals surface area contributed by atoms with Gasteiger partial charge in [0.25, 0.3) is 0 Å². The maximum Gasteiger partial charge on any atom is 0.338 e. The van der Waals surface area contributed by atoms with Crippen molar-refractivity contribution < 1.29 is 23.9 Å². The Morgan fingerprint density at radius 3 is 2.44 bits per heavy atom. The minimum atomic E-state index is -0.717. The number of anilines is 1. The quantitative estimate of drug-likeness (QED) is 0.323. The molecule has 0 radical (unpaired) electrons. The van der Waals surface area contributed by atoms with Gasteiger partial charge in [-0.15, -0.1) is 0 Å². The number of hydrogen-bond donors (Lipinski definition) is 2. The Hall–Kier alpha value is -4.21. The lowest BCUT2D eigenvalue weighted by molar-refractivity contribution is -0.136. The number of esters is 1. The number of halogens is 1. The average Bonchev–Trinajstić information content (AvgIpc) is 3.86. The number of carbonyl (C=O) groups excluding carboxylic acids is 4. The molecule has 2 N–H and O–H groups in total. The topological polar surface area (TPSA) is 108 Å². The van der Waals surface area contributed by atoms with Gasteiger partial charge >= 0.3 is 5.97 Å². The van der Waals surface area contributed by atoms with Gasteiger partial charge in [0, 0.05) is 43.3 Å². The first-order chi connectivity index (χ1) is 20.8. The van der Waals surface area contributed by atoms with Gasteiger partial charge < -0.3 is 20.3 Å². The minimum absolute atomic E-state index is 0.0824. The lowest BCUT2D eigenvalue weighted by Gasteiger charge is -2.38. The summed E-state index contributed by atoms with van der Waals surface area (Å²) in [5.74, 6) is -0.822. The maximum atomic E-state index is 14.1. The molecule has 0 unspecified atom stereocenters. The number of rotatable bonds is 11. The van der Waals surface area contributed by atoms with Crippen LogP contribution in [0.15, 0.2) is 72.8 Å². The van der Waals surface area contributed by atoms with Gasteiger partial charge in [-0.1, -0.05) is 54.1 Å². The van der Waals surface area contributed by atoms with E-state index in [4.69, 9.17) is 16.3 Å². The summed E-state index contributed by atoms with van der Waals surface area (Å²) >= 11 is 6.57. The largest absolute Gasteiger partial charge is 0.457 e. The van der Waals surface area contributed by atoms with Crippen molar-refractivity contribution in [2.75, 3.05) is 24.5 Å². The van der Waals surface area contributed by atoms with Gasteiger partial charge in [-0.2, -0.15) is 0 Å². The Bertz CT molecular complexity index is 1480. The number of hydrogen-bond acceptors (Lipinski definition) is 6. The van der Waals surface area contributed by atoms with Crippen LogP contribution in [0.3, 0.4) is 0 Å². The third-order valence-electron chi connectivity index (χ3n) is 7.58. The molecule has 3 amide bonds. The van der Waals surface area contributed by atoms with Crippen molar-refractivity contribution in [3.8, 4) is 0 Å². The predicted octanol–water partition coefficient (Wildman–Crippen LogP) is 3.87. The normalized spacial score (nSPS) is 16.5. The molecule has 2 aliphatic rings. The van der Waals surface area contributed by atoms with E-state index in [0.717, 1.165) is 29.5 Å². The molecule has 1 aliphatic heterocycles. The second kappa shape index (κ2) is 13.8. The summed E-state index contributed by atoms with van der Waals surface area (Å²) in [7, 11) is 0. The molecule has 224 valence electrons. The molecular weight excluding hydrogens is 568 g/mol. The Labute approximate surface area is 256 Å². The van der Waals surface area contributed by atoms with Gasteiger partial charge in [-0.25, -0.2) is 4.79 Å². The molecule has 2 fully saturated rings. The summed E-state index contributed by atoms with van der Waals surface area (Å²) in [5, 5.41) is 6.47. The number of piperazine rings is 1. The summed E-state index contributed by atoms with van der Waals surface area (Å²) in [6.45, 7) is 2.88. The van der Waals surface area contributed by atoms with Gasteiger partial charge in [0.1, 0.15) is 12.6 Å². The number of nitrogens with one attached hydrogen (secondary N) is 2. The van der Waals surface area contributed by atoms with Crippen LogP contribution in [-0.2, 0) is 38.7 Å². The van der Waals surface area contributed by atoms with E-state index in [1.54, 1.807) is 53.4 Å². The van der Waals surface area contributed by atoms with Crippen LogP contribution in [0.5, 0.6) is 0 Å². The van der Waals surface area contributed by atoms with Crippen LogP contribution in [0.4, 0.5) is 5.69 Å². The fourth-order valence-electron chi connectivity index (χ4n) is 5.18. The monoisotopic (exact) mass is 602 g/mol. The zero-order valence-corrected chi connectivity index (χ0v) is 24.8. The fraction of sp³-hybridized carbons (Fsp3) is 0.333. The summed E-state index contributed by atoms with van der Waals surface area (Å²) in [4.78, 5) is 54.2. The predicted molar refractivity (Wildman–Crippen MR) is 164 cm³/mol. The van der Waals surface area contributed by atoms with Crippen LogP contribution in [-0.4, -0.2) is 60.3 Å². The standard InChI is InChI=1S/C33H35ClN4O5/c1-22(39)36-16-15-23-9-14-29(34)26(17-23)20-37(27-12-13-27)32(41)30-18-35-19-31(40)38(30)28-10-7-24(8-11-28)21-43-33(42)25-5-3-2-4-6-25/h2-11,14,17,27,30,35H,12-13,15-16,18-21H2,1H3,(H,36,39)/t30-/m1/s1. The van der Waals surface area contributed by atoms with E-state index in [0.29, 0.717) is 42.3 Å². The molecule has 0 spiro atoms. The number of benzene rings is 3. The Kier molecular flexibility index (Phi) is 9.74. The highest BCUT2D eigenvalue weighted by Gasteiger charge is 2.41. The van der Waals surface area contributed by atoms with E-state index in [1.807, 2.05) is 29.2 Å². The van der Waals surface area contributed by atoms with Gasteiger partial charge in [0.15, 0.2) is 0 Å². The Balaban J connectivity index is 1.29. The van der Waals surface area contributed by atoms with Gasteiger partial charge in [0.05, 0.1) is 12.1 Å². The van der Waals surface area contributed by atoms with Crippen molar-refractivity contribution in [1.29, 1.82) is 0 Å². The molecule has 10 heteroatoms. The van der Waals surface area contributed by atoms with E-state index >= 15 is 0 Å². The molecule has 1 saturated carbocycles. The van der Waals surface area contributed by atoms with Crippen molar-refractivity contribution >= 4 is 41.0 Å². The molecule has 0 aromatic heterocycles. The van der Waals surface area contributed by atoms with E-state index < -0.39 is 12.0 Å². The summed E-state index contributed by atoms with van der Waals surface area (Å²) in [6, 6.07) is 21.1. The van der Waals surface area contributed by atoms with Crippen LogP contribution in [0, 0.1) is 0 Å². The Morgan fingerprint density at radius 2 is 1.74 bits per heavy atom. The SMILES string of the molecule is CC(=O)NCCc1ccc(Cl)c(CN(C(=O)[C@H]2CNCC(=O)N2c2ccc(COC(=O)c3ccccc3)cc2)C2CC2)c1. The summed E-state index contributed by atoms with van der Waals surface area (Å²) < 4.78 is 5.43. The van der Waals surface area contributed by atoms with E-state index in [2.05, 4.69) is 10.6 Å². The Morgan fingerprint density at radius 1 is 1.02 bits per heavy atom. The van der Waals surface area contributed by atoms with Gasteiger partial charge in [-0.05, 0) is 66.3 Å². The third kappa shape index (κ3) is 7.80. The first-order valence-electron chi connectivity index (χ1n) is 14.5. The van der Waals surface area contributed by atoms with Crippen molar-refractivity contribution in [2.24, 2.45) is 0 Å². The molecule has 9 nitrogen and oxygen atoms in total. The third-order valence-corrected chi connectivity index (χ3v) is 7.95. The molecule has 1 heterocycles. The molecule has 0 bridgehead atoms. The fourth-order valence-corrected chi connectivity index (χ4v) is 5.36. The highest BCUT2D eigenvalue weighted by atomic mass is 35.5. The van der Waals surface area contributed by atoms with Crippen molar-refractivity contribution in [3.05, 3.63) is 100 Å². The molecule has 3 aromatic carbocycles. The van der Waals surface area contributed by atoms with Crippen molar-refractivity contribution in [2.45, 2.75) is 51.4 Å². The van der Waals surface area contributed by atoms with Crippen LogP contribution < -0.4 is 15.5 Å². The second-order valence-corrected chi connectivity index (χ2v) is 11.3. The van der Waals surface area contributed by atoms with Crippen molar-refractivity contribution in [1.82, 2.24) is 15.5 Å².